The molecule has 0 aliphatic carbocycles. The molecule has 0 aromatic heterocycles. The number of ether oxygens (including phenoxy) is 2. The zero-order valence-electron chi connectivity index (χ0n) is 20.9. The van der Waals surface area contributed by atoms with Crippen molar-refractivity contribution in [1.29, 1.82) is 0 Å². The van der Waals surface area contributed by atoms with E-state index in [0.29, 0.717) is 34.4 Å². The molecule has 0 spiro atoms. The minimum Gasteiger partial charge on any atom is -0.457 e. The van der Waals surface area contributed by atoms with Crippen molar-refractivity contribution in [1.82, 2.24) is 0 Å². The number of hydrogen-bond acceptors (Lipinski definition) is 6. The molecule has 2 aliphatic rings. The Balaban J connectivity index is 1.07. The van der Waals surface area contributed by atoms with Crippen LogP contribution in [0.2, 0.25) is 0 Å². The number of benzene rings is 4. The number of hydrogen-bond donors (Lipinski definition) is 0. The van der Waals surface area contributed by atoms with Gasteiger partial charge in [0, 0.05) is 24.3 Å². The summed E-state index contributed by atoms with van der Waals surface area (Å²) in [6, 6.07) is 28.7. The fraction of sp³-hybridized carbons (Fsp3) is 0. The van der Waals surface area contributed by atoms with Crippen LogP contribution in [-0.2, 0) is 19.2 Å². The molecule has 0 saturated carbocycles. The molecule has 0 unspecified atom stereocenters. The first-order valence-corrected chi connectivity index (χ1v) is 12.3. The molecule has 0 radical (unpaired) electrons. The van der Waals surface area contributed by atoms with Crippen LogP contribution in [0.4, 0.5) is 11.4 Å². The van der Waals surface area contributed by atoms with Crippen molar-refractivity contribution < 1.29 is 28.7 Å². The molecule has 4 amide bonds. The van der Waals surface area contributed by atoms with E-state index in [4.69, 9.17) is 9.47 Å². The average molecular weight is 529 g/mol. The SMILES string of the molecule is O=C1C=CC(=O)N1c1ccc(Oc2ccc(-c3ccc(Oc4ccc(N5C(=O)C=CC5=O)cc4)cc3)cc2)cc1. The standard InChI is InChI=1S/C32H20N2O6/c35-29-17-18-30(36)33(29)23-5-13-27(14-6-23)39-25-9-1-21(2-10-25)22-3-11-26(12-4-22)40-28-15-7-24(8-16-28)34-31(37)19-20-32(34)38/h1-20H. The molecule has 8 nitrogen and oxygen atoms in total. The maximum Gasteiger partial charge on any atom is 0.258 e. The summed E-state index contributed by atoms with van der Waals surface area (Å²) in [5, 5.41) is 0. The highest BCUT2D eigenvalue weighted by atomic mass is 16.5. The molecule has 0 bridgehead atoms. The molecule has 4 aromatic carbocycles. The van der Waals surface area contributed by atoms with Crippen molar-refractivity contribution in [3.63, 3.8) is 0 Å². The Morgan fingerprint density at radius 1 is 0.350 bits per heavy atom. The summed E-state index contributed by atoms with van der Waals surface area (Å²) < 4.78 is 11.8. The Morgan fingerprint density at radius 2 is 0.600 bits per heavy atom. The van der Waals surface area contributed by atoms with E-state index in [2.05, 4.69) is 0 Å². The lowest BCUT2D eigenvalue weighted by Crippen LogP contribution is -2.29. The summed E-state index contributed by atoms with van der Waals surface area (Å²) in [5.74, 6) is 0.978. The largest absolute Gasteiger partial charge is 0.457 e. The summed E-state index contributed by atoms with van der Waals surface area (Å²) in [5.41, 5.74) is 2.95. The molecule has 0 N–H and O–H groups in total. The summed E-state index contributed by atoms with van der Waals surface area (Å²) in [7, 11) is 0. The highest BCUT2D eigenvalue weighted by Gasteiger charge is 2.25. The smallest absolute Gasteiger partial charge is 0.258 e. The number of rotatable bonds is 7. The van der Waals surface area contributed by atoms with Gasteiger partial charge in [-0.15, -0.1) is 0 Å². The predicted molar refractivity (Wildman–Crippen MR) is 148 cm³/mol. The Kier molecular flexibility index (Phi) is 6.26. The highest BCUT2D eigenvalue weighted by molar-refractivity contribution is 6.28. The molecule has 6 rings (SSSR count). The number of amides is 4. The van der Waals surface area contributed by atoms with E-state index in [1.165, 1.54) is 24.3 Å². The molecule has 0 fully saturated rings. The zero-order valence-corrected chi connectivity index (χ0v) is 20.9. The van der Waals surface area contributed by atoms with Gasteiger partial charge < -0.3 is 9.47 Å². The quantitative estimate of drug-likeness (QED) is 0.282. The third kappa shape index (κ3) is 4.89. The van der Waals surface area contributed by atoms with Crippen LogP contribution in [0.15, 0.2) is 121 Å². The lowest BCUT2D eigenvalue weighted by atomic mass is 10.1. The molecule has 40 heavy (non-hydrogen) atoms. The van der Waals surface area contributed by atoms with Crippen molar-refractivity contribution in [2.75, 3.05) is 9.80 Å². The van der Waals surface area contributed by atoms with Gasteiger partial charge in [-0.2, -0.15) is 0 Å². The van der Waals surface area contributed by atoms with Crippen LogP contribution in [0.25, 0.3) is 11.1 Å². The molecule has 8 heteroatoms. The Hall–Kier alpha value is -5.76. The monoisotopic (exact) mass is 528 g/mol. The molecule has 4 aromatic rings. The number of anilines is 2. The van der Waals surface area contributed by atoms with Gasteiger partial charge >= 0.3 is 0 Å². The first-order chi connectivity index (χ1) is 19.4. The highest BCUT2D eigenvalue weighted by Crippen LogP contribution is 2.31. The predicted octanol–water partition coefficient (Wildman–Crippen LogP) is 5.80. The van der Waals surface area contributed by atoms with E-state index in [-0.39, 0.29) is 23.6 Å². The average Bonchev–Trinajstić information content (AvgIpc) is 3.49. The minimum absolute atomic E-state index is 0.365. The number of carbonyl (C=O) groups is 4. The van der Waals surface area contributed by atoms with Crippen molar-refractivity contribution in [3.05, 3.63) is 121 Å². The first kappa shape index (κ1) is 24.6. The fourth-order valence-corrected chi connectivity index (χ4v) is 4.34. The third-order valence-corrected chi connectivity index (χ3v) is 6.32. The van der Waals surface area contributed by atoms with Gasteiger partial charge in [-0.1, -0.05) is 24.3 Å². The molecule has 2 heterocycles. The second-order valence-corrected chi connectivity index (χ2v) is 8.93. The first-order valence-electron chi connectivity index (χ1n) is 12.3. The van der Waals surface area contributed by atoms with Crippen LogP contribution in [0.1, 0.15) is 0 Å². The lowest BCUT2D eigenvalue weighted by Gasteiger charge is -2.14. The van der Waals surface area contributed by atoms with Crippen LogP contribution in [0.3, 0.4) is 0 Å². The van der Waals surface area contributed by atoms with Gasteiger partial charge in [0.1, 0.15) is 23.0 Å². The third-order valence-electron chi connectivity index (χ3n) is 6.32. The maximum absolute atomic E-state index is 11.8. The van der Waals surface area contributed by atoms with E-state index in [1.54, 1.807) is 48.5 Å². The Bertz CT molecular complexity index is 1520. The van der Waals surface area contributed by atoms with Gasteiger partial charge in [-0.3, -0.25) is 19.2 Å². The number of carbonyl (C=O) groups excluding carboxylic acids is 4. The lowest BCUT2D eigenvalue weighted by molar-refractivity contribution is -0.121. The van der Waals surface area contributed by atoms with Crippen molar-refractivity contribution >= 4 is 35.0 Å². The van der Waals surface area contributed by atoms with Crippen molar-refractivity contribution in [2.45, 2.75) is 0 Å². The zero-order chi connectivity index (χ0) is 27.6. The van der Waals surface area contributed by atoms with Gasteiger partial charge in [0.2, 0.25) is 0 Å². The van der Waals surface area contributed by atoms with Crippen molar-refractivity contribution in [2.24, 2.45) is 0 Å². The van der Waals surface area contributed by atoms with E-state index in [0.717, 1.165) is 20.9 Å². The molecule has 0 atom stereocenters. The van der Waals surface area contributed by atoms with Gasteiger partial charge in [0.15, 0.2) is 0 Å². The topological polar surface area (TPSA) is 93.2 Å². The van der Waals surface area contributed by atoms with Crippen LogP contribution in [0, 0.1) is 0 Å². The van der Waals surface area contributed by atoms with Gasteiger partial charge in [-0.05, 0) is 83.9 Å². The number of nitrogens with zero attached hydrogens (tertiary/aromatic N) is 2. The number of imide groups is 2. The minimum atomic E-state index is -0.365. The van der Waals surface area contributed by atoms with Gasteiger partial charge in [0.25, 0.3) is 23.6 Å². The van der Waals surface area contributed by atoms with Crippen LogP contribution in [-0.4, -0.2) is 23.6 Å². The fourth-order valence-electron chi connectivity index (χ4n) is 4.34. The summed E-state index contributed by atoms with van der Waals surface area (Å²) >= 11 is 0. The molecule has 194 valence electrons. The molecular formula is C32H20N2O6. The molecular weight excluding hydrogens is 508 g/mol. The van der Waals surface area contributed by atoms with E-state index in [9.17, 15) is 19.2 Å². The molecule has 2 aliphatic heterocycles. The van der Waals surface area contributed by atoms with Crippen LogP contribution >= 0.6 is 0 Å². The Labute approximate surface area is 229 Å². The normalized spacial score (nSPS) is 14.4. The Morgan fingerprint density at radius 3 is 0.875 bits per heavy atom. The van der Waals surface area contributed by atoms with E-state index < -0.39 is 0 Å². The van der Waals surface area contributed by atoms with E-state index in [1.807, 2.05) is 48.5 Å². The maximum atomic E-state index is 11.8. The second-order valence-electron chi connectivity index (χ2n) is 8.93. The second kappa shape index (κ2) is 10.2. The van der Waals surface area contributed by atoms with E-state index >= 15 is 0 Å². The molecule has 0 saturated heterocycles. The summed E-state index contributed by atoms with van der Waals surface area (Å²) in [6.07, 6.45) is 4.99. The summed E-state index contributed by atoms with van der Waals surface area (Å²) in [4.78, 5) is 49.6. The summed E-state index contributed by atoms with van der Waals surface area (Å²) in [6.45, 7) is 0. The van der Waals surface area contributed by atoms with Gasteiger partial charge in [-0.25, -0.2) is 9.80 Å². The van der Waals surface area contributed by atoms with Crippen LogP contribution in [0.5, 0.6) is 23.0 Å². The van der Waals surface area contributed by atoms with Crippen LogP contribution < -0.4 is 19.3 Å². The van der Waals surface area contributed by atoms with Gasteiger partial charge in [0.05, 0.1) is 11.4 Å². The van der Waals surface area contributed by atoms with Crippen molar-refractivity contribution in [3.8, 4) is 34.1 Å².